The van der Waals surface area contributed by atoms with Gasteiger partial charge in [0.1, 0.15) is 0 Å². The van der Waals surface area contributed by atoms with Crippen molar-refractivity contribution in [1.82, 2.24) is 18.9 Å². The number of Topliss-reactive ketones (excluding diaryl/α,β-unsaturated/α-hetero) is 1. The highest BCUT2D eigenvalue weighted by atomic mass is 16.2. The molecule has 0 bridgehead atoms. The van der Waals surface area contributed by atoms with Crippen molar-refractivity contribution in [3.63, 3.8) is 0 Å². The third kappa shape index (κ3) is 2.40. The molecule has 3 rings (SSSR count). The van der Waals surface area contributed by atoms with Gasteiger partial charge >= 0.3 is 11.4 Å². The minimum absolute atomic E-state index is 0.111. The molecule has 0 saturated heterocycles. The van der Waals surface area contributed by atoms with Gasteiger partial charge in [0.05, 0.1) is 17.8 Å². The van der Waals surface area contributed by atoms with Gasteiger partial charge in [-0.2, -0.15) is 0 Å². The molecule has 0 saturated carbocycles. The topological polar surface area (TPSA) is 89.2 Å². The molecule has 0 unspecified atom stereocenters. The van der Waals surface area contributed by atoms with Crippen molar-refractivity contribution in [2.75, 3.05) is 0 Å². The predicted molar refractivity (Wildman–Crippen MR) is 85.0 cm³/mol. The van der Waals surface area contributed by atoms with Crippen LogP contribution in [0.5, 0.6) is 0 Å². The molecule has 0 aliphatic heterocycles. The van der Waals surface area contributed by atoms with E-state index in [-0.39, 0.29) is 11.6 Å². The SMILES string of the molecule is Cc1ccc(C(=O)[C@H](C)c2cnc3n(C)c(=O)[nH]c(=O)n23)cc1. The summed E-state index contributed by atoms with van der Waals surface area (Å²) in [5.74, 6) is -0.469. The Kier molecular flexibility index (Phi) is 3.48. The van der Waals surface area contributed by atoms with Crippen LogP contribution in [-0.2, 0) is 7.05 Å². The molecule has 0 radical (unpaired) electrons. The molecular formula is C16H16N4O3. The molecule has 0 amide bonds. The lowest BCUT2D eigenvalue weighted by molar-refractivity contribution is 0.0964. The standard InChI is InChI=1S/C16H16N4O3/c1-9-4-6-11(7-5-9)13(21)10(2)12-8-17-14-19(3)15(22)18-16(23)20(12)14/h4-8,10H,1-3H3,(H,18,22,23)/t10-/m1/s1. The Balaban J connectivity index is 2.11. The van der Waals surface area contributed by atoms with Gasteiger partial charge in [-0.05, 0) is 13.8 Å². The van der Waals surface area contributed by atoms with Gasteiger partial charge in [0.2, 0.25) is 5.78 Å². The number of carbonyl (C=O) groups is 1. The summed E-state index contributed by atoms with van der Waals surface area (Å²) < 4.78 is 2.49. The Morgan fingerprint density at radius 2 is 1.83 bits per heavy atom. The normalized spacial score (nSPS) is 12.5. The molecule has 1 aromatic carbocycles. The second-order valence-electron chi connectivity index (χ2n) is 5.56. The largest absolute Gasteiger partial charge is 0.336 e. The number of aromatic amines is 1. The number of nitrogens with zero attached hydrogens (tertiary/aromatic N) is 3. The summed E-state index contributed by atoms with van der Waals surface area (Å²) in [6, 6.07) is 7.25. The van der Waals surface area contributed by atoms with Gasteiger partial charge in [0, 0.05) is 12.6 Å². The van der Waals surface area contributed by atoms with Crippen LogP contribution < -0.4 is 11.4 Å². The first-order valence-electron chi connectivity index (χ1n) is 7.17. The monoisotopic (exact) mass is 312 g/mol. The maximum Gasteiger partial charge on any atom is 0.336 e. The second kappa shape index (κ2) is 5.35. The van der Waals surface area contributed by atoms with Crippen molar-refractivity contribution in [1.29, 1.82) is 0 Å². The molecule has 2 aromatic heterocycles. The first-order valence-corrected chi connectivity index (χ1v) is 7.17. The number of hydrogen-bond acceptors (Lipinski definition) is 4. The number of benzene rings is 1. The lowest BCUT2D eigenvalue weighted by Gasteiger charge is -2.10. The van der Waals surface area contributed by atoms with Gasteiger partial charge in [-0.3, -0.25) is 14.3 Å². The molecular weight excluding hydrogens is 296 g/mol. The van der Waals surface area contributed by atoms with E-state index in [0.717, 1.165) is 5.56 Å². The summed E-state index contributed by atoms with van der Waals surface area (Å²) in [7, 11) is 1.51. The fourth-order valence-corrected chi connectivity index (χ4v) is 2.53. The Labute approximate surface area is 131 Å². The highest BCUT2D eigenvalue weighted by Gasteiger charge is 2.22. The summed E-state index contributed by atoms with van der Waals surface area (Å²) in [5, 5.41) is 0. The van der Waals surface area contributed by atoms with E-state index in [0.29, 0.717) is 11.3 Å². The van der Waals surface area contributed by atoms with Crippen LogP contribution >= 0.6 is 0 Å². The molecule has 1 N–H and O–H groups in total. The minimum Gasteiger partial charge on any atom is -0.293 e. The first kappa shape index (κ1) is 15.0. The molecule has 118 valence electrons. The lowest BCUT2D eigenvalue weighted by Crippen LogP contribution is -2.34. The number of ketones is 1. The Morgan fingerprint density at radius 1 is 1.17 bits per heavy atom. The van der Waals surface area contributed by atoms with Gasteiger partial charge in [0.15, 0.2) is 5.78 Å². The third-order valence-corrected chi connectivity index (χ3v) is 3.97. The van der Waals surface area contributed by atoms with Crippen molar-refractivity contribution in [2.24, 2.45) is 7.05 Å². The maximum atomic E-state index is 12.6. The van der Waals surface area contributed by atoms with Crippen molar-refractivity contribution in [3.8, 4) is 0 Å². The van der Waals surface area contributed by atoms with Crippen LogP contribution in [0.2, 0.25) is 0 Å². The number of carbonyl (C=O) groups excluding carboxylic acids is 1. The number of H-pyrrole nitrogens is 1. The molecule has 3 aromatic rings. The summed E-state index contributed by atoms with van der Waals surface area (Å²) in [4.78, 5) is 42.6. The fourth-order valence-electron chi connectivity index (χ4n) is 2.53. The van der Waals surface area contributed by atoms with E-state index < -0.39 is 17.3 Å². The first-order chi connectivity index (χ1) is 10.9. The van der Waals surface area contributed by atoms with Gasteiger partial charge in [-0.1, -0.05) is 29.8 Å². The molecule has 2 heterocycles. The van der Waals surface area contributed by atoms with Gasteiger partial charge in [0.25, 0.3) is 0 Å². The molecule has 23 heavy (non-hydrogen) atoms. The van der Waals surface area contributed by atoms with E-state index in [9.17, 15) is 14.4 Å². The minimum atomic E-state index is -0.598. The summed E-state index contributed by atoms with van der Waals surface area (Å²) in [6.07, 6.45) is 1.46. The van der Waals surface area contributed by atoms with E-state index in [2.05, 4.69) is 9.97 Å². The zero-order chi connectivity index (χ0) is 16.7. The van der Waals surface area contributed by atoms with E-state index in [1.807, 2.05) is 19.1 Å². The lowest BCUT2D eigenvalue weighted by atomic mass is 9.96. The Hall–Kier alpha value is -2.96. The van der Waals surface area contributed by atoms with Gasteiger partial charge in [-0.25, -0.2) is 19.0 Å². The summed E-state index contributed by atoms with van der Waals surface area (Å²) in [6.45, 7) is 3.67. The molecule has 0 aliphatic carbocycles. The summed E-state index contributed by atoms with van der Waals surface area (Å²) in [5.41, 5.74) is 0.938. The van der Waals surface area contributed by atoms with E-state index in [1.165, 1.54) is 22.2 Å². The Bertz CT molecular complexity index is 1010. The number of fused-ring (bicyclic) bond motifs is 1. The average Bonchev–Trinajstić information content (AvgIpc) is 2.97. The quantitative estimate of drug-likeness (QED) is 0.731. The zero-order valence-corrected chi connectivity index (χ0v) is 13.0. The van der Waals surface area contributed by atoms with E-state index in [4.69, 9.17) is 0 Å². The van der Waals surface area contributed by atoms with Crippen LogP contribution in [0.15, 0.2) is 40.1 Å². The predicted octanol–water partition coefficient (Wildman–Crippen LogP) is 1.02. The second-order valence-corrected chi connectivity index (χ2v) is 5.56. The van der Waals surface area contributed by atoms with Crippen LogP contribution in [-0.4, -0.2) is 24.7 Å². The van der Waals surface area contributed by atoms with Crippen LogP contribution in [0.4, 0.5) is 0 Å². The molecule has 7 heteroatoms. The van der Waals surface area contributed by atoms with Crippen LogP contribution in [0.3, 0.4) is 0 Å². The van der Waals surface area contributed by atoms with Crippen LogP contribution in [0, 0.1) is 6.92 Å². The number of hydrogen-bond donors (Lipinski definition) is 1. The fraction of sp³-hybridized carbons (Fsp3) is 0.250. The molecule has 0 fully saturated rings. The van der Waals surface area contributed by atoms with Crippen molar-refractivity contribution in [2.45, 2.75) is 19.8 Å². The van der Waals surface area contributed by atoms with E-state index >= 15 is 0 Å². The van der Waals surface area contributed by atoms with E-state index in [1.54, 1.807) is 19.1 Å². The van der Waals surface area contributed by atoms with Gasteiger partial charge < -0.3 is 0 Å². The van der Waals surface area contributed by atoms with Crippen molar-refractivity contribution in [3.05, 3.63) is 68.3 Å². The van der Waals surface area contributed by atoms with Crippen molar-refractivity contribution < 1.29 is 4.79 Å². The Morgan fingerprint density at radius 3 is 2.48 bits per heavy atom. The number of rotatable bonds is 3. The number of aryl methyl sites for hydroxylation is 2. The van der Waals surface area contributed by atoms with Crippen LogP contribution in [0.25, 0.3) is 5.78 Å². The third-order valence-electron chi connectivity index (χ3n) is 3.97. The highest BCUT2D eigenvalue weighted by Crippen LogP contribution is 2.20. The zero-order valence-electron chi connectivity index (χ0n) is 13.0. The molecule has 1 atom stereocenters. The smallest absolute Gasteiger partial charge is 0.293 e. The van der Waals surface area contributed by atoms with Crippen LogP contribution in [0.1, 0.15) is 34.5 Å². The maximum absolute atomic E-state index is 12.6. The van der Waals surface area contributed by atoms with Gasteiger partial charge in [-0.15, -0.1) is 0 Å². The number of imidazole rings is 1. The molecule has 0 spiro atoms. The molecule has 0 aliphatic rings. The average molecular weight is 312 g/mol. The number of aromatic nitrogens is 4. The van der Waals surface area contributed by atoms with Crippen molar-refractivity contribution >= 4 is 11.6 Å². The number of nitrogens with one attached hydrogen (secondary N) is 1. The highest BCUT2D eigenvalue weighted by molar-refractivity contribution is 6.00. The molecule has 7 nitrogen and oxygen atoms in total. The summed E-state index contributed by atoms with van der Waals surface area (Å²) >= 11 is 0.